The van der Waals surface area contributed by atoms with Crippen LogP contribution in [-0.4, -0.2) is 24.8 Å². The lowest BCUT2D eigenvalue weighted by Crippen LogP contribution is -2.05. The molecule has 0 saturated carbocycles. The molecular formula is C14H16N6. The van der Waals surface area contributed by atoms with Crippen LogP contribution in [0.2, 0.25) is 0 Å². The summed E-state index contributed by atoms with van der Waals surface area (Å²) in [7, 11) is 1.95. The summed E-state index contributed by atoms with van der Waals surface area (Å²) >= 11 is 0. The van der Waals surface area contributed by atoms with E-state index < -0.39 is 0 Å². The Balaban J connectivity index is 1.83. The Kier molecular flexibility index (Phi) is 3.20. The highest BCUT2D eigenvalue weighted by Gasteiger charge is 2.07. The van der Waals surface area contributed by atoms with Crippen LogP contribution >= 0.6 is 0 Å². The van der Waals surface area contributed by atoms with Gasteiger partial charge in [-0.2, -0.15) is 5.10 Å². The Bertz CT molecular complexity index is 698. The number of hydrogen-bond acceptors (Lipinski definition) is 4. The van der Waals surface area contributed by atoms with Crippen molar-refractivity contribution < 1.29 is 0 Å². The van der Waals surface area contributed by atoms with Crippen LogP contribution in [0.1, 0.15) is 11.3 Å². The Morgan fingerprint density at radius 1 is 1.25 bits per heavy atom. The van der Waals surface area contributed by atoms with Gasteiger partial charge in [-0.05, 0) is 19.1 Å². The molecule has 6 nitrogen and oxygen atoms in total. The highest BCUT2D eigenvalue weighted by atomic mass is 15.4. The fourth-order valence-electron chi connectivity index (χ4n) is 2.07. The molecule has 102 valence electrons. The number of benzene rings is 1. The van der Waals surface area contributed by atoms with Gasteiger partial charge in [0, 0.05) is 24.8 Å². The second-order valence-electron chi connectivity index (χ2n) is 4.60. The molecular weight excluding hydrogens is 252 g/mol. The molecule has 3 rings (SSSR count). The van der Waals surface area contributed by atoms with E-state index in [-0.39, 0.29) is 0 Å². The van der Waals surface area contributed by atoms with E-state index in [2.05, 4.69) is 27.7 Å². The molecule has 0 atom stereocenters. The predicted molar refractivity (Wildman–Crippen MR) is 76.6 cm³/mol. The minimum absolute atomic E-state index is 0.728. The lowest BCUT2D eigenvalue weighted by molar-refractivity contribution is 0.738. The lowest BCUT2D eigenvalue weighted by atomic mass is 10.2. The maximum absolute atomic E-state index is 4.25. The van der Waals surface area contributed by atoms with Gasteiger partial charge >= 0.3 is 0 Å². The van der Waals surface area contributed by atoms with Crippen molar-refractivity contribution in [2.45, 2.75) is 13.5 Å². The zero-order chi connectivity index (χ0) is 13.9. The Labute approximate surface area is 117 Å². The highest BCUT2D eigenvalue weighted by Crippen LogP contribution is 2.20. The molecule has 0 amide bonds. The van der Waals surface area contributed by atoms with Crippen LogP contribution < -0.4 is 5.32 Å². The number of aryl methyl sites for hydroxylation is 1. The zero-order valence-electron chi connectivity index (χ0n) is 11.5. The number of nitrogens with zero attached hydrogens (tertiary/aromatic N) is 5. The van der Waals surface area contributed by atoms with Crippen LogP contribution in [0.5, 0.6) is 0 Å². The molecule has 20 heavy (non-hydrogen) atoms. The second-order valence-corrected chi connectivity index (χ2v) is 4.60. The number of para-hydroxylation sites is 2. The molecule has 0 aliphatic rings. The van der Waals surface area contributed by atoms with Crippen LogP contribution in [0.3, 0.4) is 0 Å². The van der Waals surface area contributed by atoms with Crippen molar-refractivity contribution in [3.05, 3.63) is 54.1 Å². The molecule has 3 aromatic rings. The molecule has 1 aromatic carbocycles. The van der Waals surface area contributed by atoms with Crippen LogP contribution in [0, 0.1) is 6.92 Å². The fourth-order valence-corrected chi connectivity index (χ4v) is 2.07. The quantitative estimate of drug-likeness (QED) is 0.785. The van der Waals surface area contributed by atoms with Crippen molar-refractivity contribution in [2.24, 2.45) is 7.05 Å². The summed E-state index contributed by atoms with van der Waals surface area (Å²) in [6, 6.07) is 8.02. The molecule has 0 radical (unpaired) electrons. The summed E-state index contributed by atoms with van der Waals surface area (Å²) in [5.74, 6) is 0. The van der Waals surface area contributed by atoms with Gasteiger partial charge in [0.15, 0.2) is 0 Å². The smallest absolute Gasteiger partial charge is 0.0894 e. The van der Waals surface area contributed by atoms with Gasteiger partial charge < -0.3 is 5.32 Å². The topological polar surface area (TPSA) is 60.6 Å². The van der Waals surface area contributed by atoms with E-state index in [4.69, 9.17) is 0 Å². The van der Waals surface area contributed by atoms with E-state index in [1.54, 1.807) is 10.9 Å². The first-order chi connectivity index (χ1) is 9.75. The van der Waals surface area contributed by atoms with Crippen molar-refractivity contribution in [3.63, 3.8) is 0 Å². The molecule has 0 bridgehead atoms. The molecule has 0 saturated heterocycles. The van der Waals surface area contributed by atoms with E-state index in [9.17, 15) is 0 Å². The van der Waals surface area contributed by atoms with Crippen molar-refractivity contribution >= 4 is 5.69 Å². The zero-order valence-corrected chi connectivity index (χ0v) is 11.5. The van der Waals surface area contributed by atoms with Gasteiger partial charge in [-0.3, -0.25) is 4.68 Å². The predicted octanol–water partition coefficient (Wildman–Crippen LogP) is 1.92. The molecule has 2 aromatic heterocycles. The average molecular weight is 268 g/mol. The summed E-state index contributed by atoms with van der Waals surface area (Å²) < 4.78 is 3.62. The number of hydrogen-bond donors (Lipinski definition) is 1. The molecule has 1 N–H and O–H groups in total. The normalized spacial score (nSPS) is 10.7. The van der Waals surface area contributed by atoms with Gasteiger partial charge in [-0.25, -0.2) is 4.68 Å². The van der Waals surface area contributed by atoms with E-state index >= 15 is 0 Å². The summed E-state index contributed by atoms with van der Waals surface area (Å²) in [6.45, 7) is 2.79. The van der Waals surface area contributed by atoms with Crippen molar-refractivity contribution in [2.75, 3.05) is 5.32 Å². The van der Waals surface area contributed by atoms with E-state index in [0.717, 1.165) is 23.6 Å². The summed E-state index contributed by atoms with van der Waals surface area (Å²) in [6.07, 6.45) is 5.39. The second kappa shape index (κ2) is 5.16. The number of aromatic nitrogens is 5. The van der Waals surface area contributed by atoms with E-state index in [1.165, 1.54) is 5.56 Å². The minimum Gasteiger partial charge on any atom is -0.379 e. The molecule has 0 fully saturated rings. The number of nitrogens with one attached hydrogen (secondary N) is 1. The molecule has 6 heteroatoms. The fraction of sp³-hybridized carbons (Fsp3) is 0.214. The van der Waals surface area contributed by atoms with Gasteiger partial charge in [0.25, 0.3) is 0 Å². The third kappa shape index (κ3) is 2.27. The largest absolute Gasteiger partial charge is 0.379 e. The van der Waals surface area contributed by atoms with Crippen LogP contribution in [0.4, 0.5) is 5.69 Å². The van der Waals surface area contributed by atoms with Gasteiger partial charge in [0.05, 0.1) is 30.0 Å². The average Bonchev–Trinajstić information content (AvgIpc) is 3.10. The Morgan fingerprint density at radius 2 is 2.10 bits per heavy atom. The molecule has 0 spiro atoms. The van der Waals surface area contributed by atoms with E-state index in [0.29, 0.717) is 0 Å². The lowest BCUT2D eigenvalue weighted by Gasteiger charge is -2.11. The van der Waals surface area contributed by atoms with Gasteiger partial charge in [0.2, 0.25) is 0 Å². The van der Waals surface area contributed by atoms with E-state index in [1.807, 2.05) is 48.4 Å². The first-order valence-corrected chi connectivity index (χ1v) is 6.43. The van der Waals surface area contributed by atoms with Crippen molar-refractivity contribution in [1.29, 1.82) is 0 Å². The summed E-state index contributed by atoms with van der Waals surface area (Å²) in [5.41, 5.74) is 4.34. The maximum Gasteiger partial charge on any atom is 0.0894 e. The minimum atomic E-state index is 0.728. The molecule has 0 aliphatic heterocycles. The summed E-state index contributed by atoms with van der Waals surface area (Å²) in [5, 5.41) is 15.6. The first-order valence-electron chi connectivity index (χ1n) is 6.43. The Hall–Kier alpha value is -2.63. The molecule has 0 aliphatic carbocycles. The maximum atomic E-state index is 4.25. The molecule has 2 heterocycles. The van der Waals surface area contributed by atoms with Crippen molar-refractivity contribution in [1.82, 2.24) is 24.8 Å². The highest BCUT2D eigenvalue weighted by molar-refractivity contribution is 5.60. The number of anilines is 1. The van der Waals surface area contributed by atoms with Gasteiger partial charge in [-0.15, -0.1) is 5.10 Å². The third-order valence-corrected chi connectivity index (χ3v) is 3.38. The third-order valence-electron chi connectivity index (χ3n) is 3.38. The van der Waals surface area contributed by atoms with Crippen LogP contribution in [-0.2, 0) is 13.6 Å². The van der Waals surface area contributed by atoms with Gasteiger partial charge in [-0.1, -0.05) is 17.3 Å². The first kappa shape index (κ1) is 12.4. The standard InChI is InChI=1S/C14H16N6/c1-11-12(10-17-19(11)2)9-15-13-5-3-4-6-14(13)20-8-7-16-18-20/h3-8,10,15H,9H2,1-2H3. The Morgan fingerprint density at radius 3 is 2.80 bits per heavy atom. The SMILES string of the molecule is Cc1c(CNc2ccccc2-n2ccnn2)cnn1C. The van der Waals surface area contributed by atoms with Crippen LogP contribution in [0.15, 0.2) is 42.9 Å². The van der Waals surface area contributed by atoms with Gasteiger partial charge in [0.1, 0.15) is 0 Å². The van der Waals surface area contributed by atoms with Crippen LogP contribution in [0.25, 0.3) is 5.69 Å². The molecule has 0 unspecified atom stereocenters. The summed E-state index contributed by atoms with van der Waals surface area (Å²) in [4.78, 5) is 0. The van der Waals surface area contributed by atoms with Crippen molar-refractivity contribution in [3.8, 4) is 5.69 Å². The number of rotatable bonds is 4. The monoisotopic (exact) mass is 268 g/mol.